The SMILES string of the molecule is CC(=O)NS(=O)(=O)c1ccc(NS(=O)(=O)c2cc([N+](=O)[O-])ccc2C)cc1. The van der Waals surface area contributed by atoms with E-state index in [1.807, 2.05) is 0 Å². The average molecular weight is 413 g/mol. The van der Waals surface area contributed by atoms with Gasteiger partial charge in [0.1, 0.15) is 0 Å². The summed E-state index contributed by atoms with van der Waals surface area (Å²) in [4.78, 5) is 20.6. The molecule has 2 aromatic carbocycles. The fourth-order valence-electron chi connectivity index (χ4n) is 2.15. The van der Waals surface area contributed by atoms with Crippen molar-refractivity contribution in [2.75, 3.05) is 4.72 Å². The van der Waals surface area contributed by atoms with Crippen molar-refractivity contribution in [3.8, 4) is 0 Å². The van der Waals surface area contributed by atoms with Crippen LogP contribution < -0.4 is 9.44 Å². The van der Waals surface area contributed by atoms with Crippen molar-refractivity contribution in [3.63, 3.8) is 0 Å². The second kappa shape index (κ2) is 7.32. The number of anilines is 1. The van der Waals surface area contributed by atoms with E-state index < -0.39 is 30.9 Å². The van der Waals surface area contributed by atoms with Gasteiger partial charge in [-0.1, -0.05) is 6.07 Å². The Bertz CT molecular complexity index is 1110. The van der Waals surface area contributed by atoms with Crippen LogP contribution in [0.15, 0.2) is 52.3 Å². The Kier molecular flexibility index (Phi) is 5.51. The van der Waals surface area contributed by atoms with Gasteiger partial charge in [0, 0.05) is 24.7 Å². The lowest BCUT2D eigenvalue weighted by molar-refractivity contribution is -0.385. The average Bonchev–Trinajstić information content (AvgIpc) is 2.53. The monoisotopic (exact) mass is 413 g/mol. The first kappa shape index (κ1) is 20.3. The summed E-state index contributed by atoms with van der Waals surface area (Å²) >= 11 is 0. The number of aryl methyl sites for hydroxylation is 1. The van der Waals surface area contributed by atoms with Gasteiger partial charge in [0.25, 0.3) is 25.7 Å². The van der Waals surface area contributed by atoms with E-state index in [1.165, 1.54) is 31.2 Å². The summed E-state index contributed by atoms with van der Waals surface area (Å²) in [6.45, 7) is 2.53. The highest BCUT2D eigenvalue weighted by Gasteiger charge is 2.21. The highest BCUT2D eigenvalue weighted by molar-refractivity contribution is 7.92. The van der Waals surface area contributed by atoms with Gasteiger partial charge in [-0.25, -0.2) is 21.6 Å². The molecule has 0 aromatic heterocycles. The van der Waals surface area contributed by atoms with Gasteiger partial charge in [-0.3, -0.25) is 19.6 Å². The Morgan fingerprint density at radius 3 is 2.11 bits per heavy atom. The first-order valence-electron chi connectivity index (χ1n) is 7.34. The van der Waals surface area contributed by atoms with E-state index in [0.29, 0.717) is 5.56 Å². The number of hydrogen-bond donors (Lipinski definition) is 2. The van der Waals surface area contributed by atoms with Crippen LogP contribution in [0.4, 0.5) is 11.4 Å². The fraction of sp³-hybridized carbons (Fsp3) is 0.133. The largest absolute Gasteiger partial charge is 0.280 e. The molecular weight excluding hydrogens is 398 g/mol. The number of hydrogen-bond acceptors (Lipinski definition) is 7. The van der Waals surface area contributed by atoms with Crippen LogP contribution in [0, 0.1) is 17.0 Å². The van der Waals surface area contributed by atoms with Crippen LogP contribution in [-0.2, 0) is 24.8 Å². The number of sulfonamides is 2. The van der Waals surface area contributed by atoms with Gasteiger partial charge in [-0.05, 0) is 36.8 Å². The minimum absolute atomic E-state index is 0.0441. The molecule has 0 bridgehead atoms. The topological polar surface area (TPSA) is 153 Å². The highest BCUT2D eigenvalue weighted by Crippen LogP contribution is 2.24. The quantitative estimate of drug-likeness (QED) is 0.538. The Hall–Kier alpha value is -2.99. The second-order valence-electron chi connectivity index (χ2n) is 5.50. The summed E-state index contributed by atoms with van der Waals surface area (Å²) in [6, 6.07) is 8.06. The van der Waals surface area contributed by atoms with Crippen molar-refractivity contribution < 1.29 is 26.6 Å². The molecule has 10 nitrogen and oxygen atoms in total. The highest BCUT2D eigenvalue weighted by atomic mass is 32.2. The van der Waals surface area contributed by atoms with Crippen molar-refractivity contribution in [2.24, 2.45) is 0 Å². The zero-order chi connectivity index (χ0) is 20.4. The maximum Gasteiger partial charge on any atom is 0.270 e. The van der Waals surface area contributed by atoms with Gasteiger partial charge in [0.15, 0.2) is 0 Å². The molecule has 2 aromatic rings. The maximum atomic E-state index is 12.5. The Morgan fingerprint density at radius 2 is 1.59 bits per heavy atom. The first-order valence-corrected chi connectivity index (χ1v) is 10.3. The number of nitro benzene ring substituents is 1. The molecule has 12 heteroatoms. The number of benzene rings is 2. The number of non-ortho nitro benzene ring substituents is 1. The van der Waals surface area contributed by atoms with Gasteiger partial charge in [-0.2, -0.15) is 0 Å². The lowest BCUT2D eigenvalue weighted by atomic mass is 10.2. The molecule has 0 fully saturated rings. The van der Waals surface area contributed by atoms with E-state index in [1.54, 1.807) is 4.72 Å². The summed E-state index contributed by atoms with van der Waals surface area (Å²) in [5.74, 6) is -0.763. The molecule has 0 aliphatic rings. The second-order valence-corrected chi connectivity index (χ2v) is 8.83. The first-order chi connectivity index (χ1) is 12.4. The minimum Gasteiger partial charge on any atom is -0.280 e. The molecule has 27 heavy (non-hydrogen) atoms. The minimum atomic E-state index is -4.14. The lowest BCUT2D eigenvalue weighted by Gasteiger charge is -2.11. The normalized spacial score (nSPS) is 11.6. The maximum absolute atomic E-state index is 12.5. The number of rotatable bonds is 6. The van der Waals surface area contributed by atoms with Crippen LogP contribution >= 0.6 is 0 Å². The van der Waals surface area contributed by atoms with Crippen LogP contribution in [0.3, 0.4) is 0 Å². The van der Waals surface area contributed by atoms with E-state index in [2.05, 4.69) is 4.72 Å². The molecule has 0 aliphatic heterocycles. The Balaban J connectivity index is 2.33. The molecule has 0 unspecified atom stereocenters. The predicted octanol–water partition coefficient (Wildman–Crippen LogP) is 1.53. The van der Waals surface area contributed by atoms with E-state index in [4.69, 9.17) is 0 Å². The summed E-state index contributed by atoms with van der Waals surface area (Å²) in [7, 11) is -8.19. The molecule has 0 radical (unpaired) electrons. The van der Waals surface area contributed by atoms with Crippen molar-refractivity contribution in [1.82, 2.24) is 4.72 Å². The van der Waals surface area contributed by atoms with Crippen molar-refractivity contribution in [2.45, 2.75) is 23.6 Å². The number of nitro groups is 1. The van der Waals surface area contributed by atoms with E-state index >= 15 is 0 Å². The third kappa shape index (κ3) is 4.80. The number of amides is 1. The molecule has 0 atom stereocenters. The summed E-state index contributed by atoms with van der Waals surface area (Å²) in [6.07, 6.45) is 0. The Labute approximate surface area is 155 Å². The number of nitrogens with one attached hydrogen (secondary N) is 2. The van der Waals surface area contributed by atoms with Crippen LogP contribution in [0.25, 0.3) is 0 Å². The molecule has 2 N–H and O–H groups in total. The Morgan fingerprint density at radius 1 is 1.00 bits per heavy atom. The summed E-state index contributed by atoms with van der Waals surface area (Å²) < 4.78 is 52.8. The molecule has 0 saturated carbocycles. The van der Waals surface area contributed by atoms with Gasteiger partial charge < -0.3 is 0 Å². The fourth-order valence-corrected chi connectivity index (χ4v) is 4.47. The molecular formula is C15H15N3O7S2. The third-order valence-corrected chi connectivity index (χ3v) is 6.34. The zero-order valence-corrected chi connectivity index (χ0v) is 15.8. The molecule has 0 heterocycles. The smallest absolute Gasteiger partial charge is 0.270 e. The molecule has 144 valence electrons. The molecule has 1 amide bonds. The number of nitrogens with zero attached hydrogens (tertiary/aromatic N) is 1. The molecule has 0 spiro atoms. The van der Waals surface area contributed by atoms with Gasteiger partial charge >= 0.3 is 0 Å². The van der Waals surface area contributed by atoms with Crippen molar-refractivity contribution in [1.29, 1.82) is 0 Å². The van der Waals surface area contributed by atoms with Crippen LogP contribution in [0.2, 0.25) is 0 Å². The third-order valence-electron chi connectivity index (χ3n) is 3.37. The summed E-state index contributed by atoms with van der Waals surface area (Å²) in [5.41, 5.74) is -0.0293. The van der Waals surface area contributed by atoms with Crippen molar-refractivity contribution >= 4 is 37.3 Å². The van der Waals surface area contributed by atoms with Crippen LogP contribution in [0.5, 0.6) is 0 Å². The van der Waals surface area contributed by atoms with Crippen molar-refractivity contribution in [3.05, 3.63) is 58.1 Å². The lowest BCUT2D eigenvalue weighted by Crippen LogP contribution is -2.28. The standard InChI is InChI=1S/C15H15N3O7S2/c1-10-3-6-13(18(20)21)9-15(10)27(24,25)17-12-4-7-14(8-5-12)26(22,23)16-11(2)19/h3-9,17H,1-2H3,(H,16,19). The predicted molar refractivity (Wildman–Crippen MR) is 96.1 cm³/mol. The van der Waals surface area contributed by atoms with E-state index in [9.17, 15) is 31.7 Å². The van der Waals surface area contributed by atoms with Gasteiger partial charge in [0.2, 0.25) is 5.91 Å². The van der Waals surface area contributed by atoms with Crippen LogP contribution in [-0.4, -0.2) is 27.7 Å². The van der Waals surface area contributed by atoms with Gasteiger partial charge in [0.05, 0.1) is 14.7 Å². The van der Waals surface area contributed by atoms with E-state index in [-0.39, 0.29) is 21.2 Å². The molecule has 2 rings (SSSR count). The zero-order valence-electron chi connectivity index (χ0n) is 14.2. The number of carbonyl (C=O) groups excluding carboxylic acids is 1. The van der Waals surface area contributed by atoms with Gasteiger partial charge in [-0.15, -0.1) is 0 Å². The number of carbonyl (C=O) groups is 1. The summed E-state index contributed by atoms with van der Waals surface area (Å²) in [5, 5.41) is 10.9. The molecule has 0 aliphatic carbocycles. The van der Waals surface area contributed by atoms with E-state index in [0.717, 1.165) is 25.1 Å². The van der Waals surface area contributed by atoms with Crippen LogP contribution in [0.1, 0.15) is 12.5 Å². The molecule has 0 saturated heterocycles.